The molecule has 3 heterocycles. The molecule has 0 radical (unpaired) electrons. The fourth-order valence-corrected chi connectivity index (χ4v) is 4.04. The van der Waals surface area contributed by atoms with E-state index in [9.17, 15) is 9.59 Å². The second-order valence-electron chi connectivity index (χ2n) is 6.51. The molecule has 3 aromatic rings. The number of thiazole rings is 1. The molecule has 4 rings (SSSR count). The number of benzene rings is 1. The maximum absolute atomic E-state index is 12.6. The van der Waals surface area contributed by atoms with Gasteiger partial charge in [0.15, 0.2) is 11.2 Å². The summed E-state index contributed by atoms with van der Waals surface area (Å²) >= 11 is 1.38. The molecule has 1 fully saturated rings. The Morgan fingerprint density at radius 3 is 2.61 bits per heavy atom. The summed E-state index contributed by atoms with van der Waals surface area (Å²) < 4.78 is 5.80. The number of anilines is 1. The molecule has 0 aliphatic carbocycles. The Morgan fingerprint density at radius 1 is 1.14 bits per heavy atom. The van der Waals surface area contributed by atoms with Crippen LogP contribution in [0.4, 0.5) is 5.13 Å². The number of hydrogen-bond acceptors (Lipinski definition) is 6. The summed E-state index contributed by atoms with van der Waals surface area (Å²) in [7, 11) is 0. The van der Waals surface area contributed by atoms with Crippen molar-refractivity contribution in [1.82, 2.24) is 9.97 Å². The van der Waals surface area contributed by atoms with Gasteiger partial charge in [0.1, 0.15) is 0 Å². The predicted molar refractivity (Wildman–Crippen MR) is 106 cm³/mol. The lowest BCUT2D eigenvalue weighted by atomic mass is 10.0. The van der Waals surface area contributed by atoms with Crippen LogP contribution in [0.1, 0.15) is 35.8 Å². The lowest BCUT2D eigenvalue weighted by Gasteiger charge is -2.18. The smallest absolute Gasteiger partial charge is 0.312 e. The lowest BCUT2D eigenvalue weighted by molar-refractivity contribution is -0.146. The Labute approximate surface area is 166 Å². The van der Waals surface area contributed by atoms with Gasteiger partial charge in [-0.15, -0.1) is 11.3 Å². The molecule has 1 amide bonds. The lowest BCUT2D eigenvalue weighted by Crippen LogP contribution is -2.23. The van der Waals surface area contributed by atoms with E-state index in [0.29, 0.717) is 23.8 Å². The minimum atomic E-state index is -0.505. The minimum absolute atomic E-state index is 0.0624. The summed E-state index contributed by atoms with van der Waals surface area (Å²) in [4.78, 5) is 34.6. The third-order valence-electron chi connectivity index (χ3n) is 4.53. The first-order chi connectivity index (χ1) is 13.7. The fraction of sp³-hybridized carbons (Fsp3) is 0.238. The number of aromatic nitrogens is 2. The highest BCUT2D eigenvalue weighted by molar-refractivity contribution is 7.14. The standard InChI is InChI=1S/C21H19N3O3S/c25-18-7-4-12-24(18)21-23-17(14-28-21)13-19(26)27-20(15-5-2-1-3-6-15)16-8-10-22-11-9-16/h1-3,5-6,8-11,14,20H,4,7,12-13H2. The van der Waals surface area contributed by atoms with E-state index in [4.69, 9.17) is 4.74 Å². The Hall–Kier alpha value is -3.06. The van der Waals surface area contributed by atoms with Crippen molar-refractivity contribution in [2.24, 2.45) is 0 Å². The molecule has 1 saturated heterocycles. The Balaban J connectivity index is 1.48. The molecule has 0 spiro atoms. The molecule has 28 heavy (non-hydrogen) atoms. The van der Waals surface area contributed by atoms with Crippen LogP contribution < -0.4 is 4.90 Å². The van der Waals surface area contributed by atoms with Crippen molar-refractivity contribution in [2.45, 2.75) is 25.4 Å². The van der Waals surface area contributed by atoms with Gasteiger partial charge in [-0.05, 0) is 24.1 Å². The van der Waals surface area contributed by atoms with E-state index >= 15 is 0 Å². The summed E-state index contributed by atoms with van der Waals surface area (Å²) in [6.45, 7) is 0.689. The highest BCUT2D eigenvalue weighted by Crippen LogP contribution is 2.28. The monoisotopic (exact) mass is 393 g/mol. The normalized spacial score (nSPS) is 14.9. The quantitative estimate of drug-likeness (QED) is 0.599. The summed E-state index contributed by atoms with van der Waals surface area (Å²) in [6, 6.07) is 13.3. The number of ether oxygens (including phenoxy) is 1. The molecule has 2 aromatic heterocycles. The molecular weight excluding hydrogens is 374 g/mol. The molecular formula is C21H19N3O3S. The molecule has 1 atom stereocenters. The third kappa shape index (κ3) is 4.09. The van der Waals surface area contributed by atoms with Crippen molar-refractivity contribution in [3.05, 3.63) is 77.1 Å². The van der Waals surface area contributed by atoms with Gasteiger partial charge in [0, 0.05) is 36.3 Å². The van der Waals surface area contributed by atoms with Crippen molar-refractivity contribution < 1.29 is 14.3 Å². The van der Waals surface area contributed by atoms with Crippen molar-refractivity contribution >= 4 is 28.3 Å². The Morgan fingerprint density at radius 2 is 1.89 bits per heavy atom. The SMILES string of the molecule is O=C(Cc1csc(N2CCCC2=O)n1)OC(c1ccccc1)c1ccncc1. The molecule has 6 nitrogen and oxygen atoms in total. The molecule has 1 aromatic carbocycles. The molecule has 0 saturated carbocycles. The fourth-order valence-electron chi connectivity index (χ4n) is 3.17. The van der Waals surface area contributed by atoms with Crippen LogP contribution in [-0.4, -0.2) is 28.4 Å². The van der Waals surface area contributed by atoms with Gasteiger partial charge in [-0.3, -0.25) is 19.5 Å². The van der Waals surface area contributed by atoms with Gasteiger partial charge in [0.2, 0.25) is 5.91 Å². The Bertz CT molecular complexity index is 920. The number of carbonyl (C=O) groups is 2. The molecule has 1 aliphatic rings. The first kappa shape index (κ1) is 18.3. The molecule has 1 aliphatic heterocycles. The van der Waals surface area contributed by atoms with E-state index in [1.165, 1.54) is 11.3 Å². The summed E-state index contributed by atoms with van der Waals surface area (Å²) in [5, 5.41) is 2.46. The van der Waals surface area contributed by atoms with Crippen LogP contribution in [0.2, 0.25) is 0 Å². The summed E-state index contributed by atoms with van der Waals surface area (Å²) in [5.74, 6) is -0.277. The van der Waals surface area contributed by atoms with E-state index in [0.717, 1.165) is 17.5 Å². The predicted octanol–water partition coefficient (Wildman–Crippen LogP) is 3.54. The van der Waals surface area contributed by atoms with Gasteiger partial charge >= 0.3 is 5.97 Å². The van der Waals surface area contributed by atoms with Gasteiger partial charge in [0.05, 0.1) is 12.1 Å². The van der Waals surface area contributed by atoms with E-state index in [-0.39, 0.29) is 18.3 Å². The van der Waals surface area contributed by atoms with Crippen LogP contribution in [0.3, 0.4) is 0 Å². The highest BCUT2D eigenvalue weighted by Gasteiger charge is 2.25. The van der Waals surface area contributed by atoms with E-state index in [1.54, 1.807) is 17.3 Å². The zero-order chi connectivity index (χ0) is 19.3. The van der Waals surface area contributed by atoms with Crippen LogP contribution in [-0.2, 0) is 20.7 Å². The highest BCUT2D eigenvalue weighted by atomic mass is 32.1. The maximum atomic E-state index is 12.6. The zero-order valence-corrected chi connectivity index (χ0v) is 16.0. The van der Waals surface area contributed by atoms with Crippen LogP contribution >= 0.6 is 11.3 Å². The first-order valence-electron chi connectivity index (χ1n) is 9.10. The summed E-state index contributed by atoms with van der Waals surface area (Å²) in [6.07, 6.45) is 4.32. The van der Waals surface area contributed by atoms with Gasteiger partial charge in [-0.2, -0.15) is 0 Å². The topological polar surface area (TPSA) is 72.4 Å². The van der Waals surface area contributed by atoms with Crippen LogP contribution in [0.25, 0.3) is 0 Å². The van der Waals surface area contributed by atoms with E-state index in [1.807, 2.05) is 47.8 Å². The van der Waals surface area contributed by atoms with Crippen molar-refractivity contribution in [2.75, 3.05) is 11.4 Å². The van der Waals surface area contributed by atoms with Crippen LogP contribution in [0.15, 0.2) is 60.2 Å². The minimum Gasteiger partial charge on any atom is -0.452 e. The second-order valence-corrected chi connectivity index (χ2v) is 7.34. The van der Waals surface area contributed by atoms with Crippen molar-refractivity contribution in [1.29, 1.82) is 0 Å². The van der Waals surface area contributed by atoms with E-state index in [2.05, 4.69) is 9.97 Å². The number of hydrogen-bond donors (Lipinski definition) is 0. The molecule has 0 N–H and O–H groups in total. The zero-order valence-electron chi connectivity index (χ0n) is 15.2. The van der Waals surface area contributed by atoms with Crippen LogP contribution in [0, 0.1) is 0 Å². The number of carbonyl (C=O) groups excluding carboxylic acids is 2. The van der Waals surface area contributed by atoms with Crippen molar-refractivity contribution in [3.8, 4) is 0 Å². The largest absolute Gasteiger partial charge is 0.452 e. The van der Waals surface area contributed by atoms with Gasteiger partial charge in [-0.1, -0.05) is 30.3 Å². The number of nitrogens with zero attached hydrogens (tertiary/aromatic N) is 3. The second kappa shape index (κ2) is 8.31. The van der Waals surface area contributed by atoms with Gasteiger partial charge in [0.25, 0.3) is 0 Å². The maximum Gasteiger partial charge on any atom is 0.312 e. The third-order valence-corrected chi connectivity index (χ3v) is 5.44. The molecule has 1 unspecified atom stereocenters. The van der Waals surface area contributed by atoms with Gasteiger partial charge in [-0.25, -0.2) is 4.98 Å². The number of rotatable bonds is 6. The number of esters is 1. The summed E-state index contributed by atoms with van der Waals surface area (Å²) in [5.41, 5.74) is 2.37. The molecule has 0 bridgehead atoms. The van der Waals surface area contributed by atoms with Gasteiger partial charge < -0.3 is 4.74 Å². The number of pyridine rings is 1. The van der Waals surface area contributed by atoms with Crippen molar-refractivity contribution in [3.63, 3.8) is 0 Å². The average molecular weight is 393 g/mol. The number of amides is 1. The van der Waals surface area contributed by atoms with Crippen LogP contribution in [0.5, 0.6) is 0 Å². The van der Waals surface area contributed by atoms with E-state index < -0.39 is 6.10 Å². The average Bonchev–Trinajstić information content (AvgIpc) is 3.36. The first-order valence-corrected chi connectivity index (χ1v) is 9.98. The Kier molecular flexibility index (Phi) is 5.43. The molecule has 7 heteroatoms. The molecule has 142 valence electrons.